The molecule has 0 amide bonds. The number of nitrogens with zero attached hydrogens (tertiary/aromatic N) is 5. The predicted octanol–water partition coefficient (Wildman–Crippen LogP) is 7.09. The quantitative estimate of drug-likeness (QED) is 0.280. The standard InChI is InChI=1S/C31H21N5/c1-4-12-22(13-5-1)27-25-18-10-11-19-26(25)36(29(27)23-14-6-2-7-15-23)31-28-30(32-20-33-31)35(21-34-28)24-16-8-3-9-17-24/h1-21H. The van der Waals surface area contributed by atoms with Crippen molar-refractivity contribution in [1.82, 2.24) is 24.1 Å². The summed E-state index contributed by atoms with van der Waals surface area (Å²) < 4.78 is 4.24. The van der Waals surface area contributed by atoms with Crippen molar-refractivity contribution in [2.24, 2.45) is 0 Å². The van der Waals surface area contributed by atoms with Crippen LogP contribution in [0.5, 0.6) is 0 Å². The van der Waals surface area contributed by atoms with Gasteiger partial charge in [0.1, 0.15) is 12.7 Å². The first kappa shape index (κ1) is 20.4. The van der Waals surface area contributed by atoms with Gasteiger partial charge in [0.15, 0.2) is 17.0 Å². The SMILES string of the molecule is c1ccc(-c2c(-c3ccccc3)n(-c3ncnc4c3ncn4-c3ccccc3)c3ccccc23)cc1. The second-order valence-corrected chi connectivity index (χ2v) is 8.63. The molecule has 0 saturated carbocycles. The van der Waals surface area contributed by atoms with Crippen LogP contribution in [-0.4, -0.2) is 24.1 Å². The number of fused-ring (bicyclic) bond motifs is 2. The van der Waals surface area contributed by atoms with E-state index in [2.05, 4.69) is 101 Å². The Hall–Kier alpha value is -5.03. The third-order valence-corrected chi connectivity index (χ3v) is 6.54. The number of hydrogen-bond acceptors (Lipinski definition) is 3. The molecular weight excluding hydrogens is 442 g/mol. The minimum atomic E-state index is 0.749. The molecule has 0 saturated heterocycles. The Morgan fingerprint density at radius 1 is 0.556 bits per heavy atom. The topological polar surface area (TPSA) is 48.5 Å². The van der Waals surface area contributed by atoms with Gasteiger partial charge in [-0.25, -0.2) is 15.0 Å². The minimum Gasteiger partial charge on any atom is -0.291 e. The van der Waals surface area contributed by atoms with Gasteiger partial charge in [-0.15, -0.1) is 0 Å². The van der Waals surface area contributed by atoms with E-state index in [1.165, 1.54) is 5.56 Å². The number of hydrogen-bond donors (Lipinski definition) is 0. The van der Waals surface area contributed by atoms with E-state index >= 15 is 0 Å². The van der Waals surface area contributed by atoms with Crippen LogP contribution in [0.25, 0.3) is 56.0 Å². The molecule has 3 heterocycles. The van der Waals surface area contributed by atoms with Gasteiger partial charge in [-0.2, -0.15) is 0 Å². The molecule has 7 rings (SSSR count). The van der Waals surface area contributed by atoms with Crippen LogP contribution in [0.4, 0.5) is 0 Å². The third-order valence-electron chi connectivity index (χ3n) is 6.54. The smallest absolute Gasteiger partial charge is 0.170 e. The van der Waals surface area contributed by atoms with Crippen LogP contribution in [-0.2, 0) is 0 Å². The van der Waals surface area contributed by atoms with Gasteiger partial charge in [-0.3, -0.25) is 9.13 Å². The Balaban J connectivity index is 1.60. The molecule has 0 fully saturated rings. The number of para-hydroxylation sites is 2. The van der Waals surface area contributed by atoms with E-state index < -0.39 is 0 Å². The van der Waals surface area contributed by atoms with Crippen LogP contribution in [0.2, 0.25) is 0 Å². The number of benzene rings is 4. The highest BCUT2D eigenvalue weighted by Gasteiger charge is 2.24. The van der Waals surface area contributed by atoms with E-state index in [9.17, 15) is 0 Å². The Morgan fingerprint density at radius 3 is 1.94 bits per heavy atom. The van der Waals surface area contributed by atoms with Gasteiger partial charge in [-0.1, -0.05) is 97.1 Å². The first-order valence-corrected chi connectivity index (χ1v) is 11.9. The van der Waals surface area contributed by atoms with Gasteiger partial charge in [0, 0.05) is 16.6 Å². The molecule has 0 aliphatic rings. The zero-order chi connectivity index (χ0) is 23.9. The summed E-state index contributed by atoms with van der Waals surface area (Å²) in [5.74, 6) is 0.756. The molecule has 7 aromatic rings. The van der Waals surface area contributed by atoms with E-state index in [1.807, 2.05) is 35.2 Å². The summed E-state index contributed by atoms with van der Waals surface area (Å²) in [4.78, 5) is 14.2. The van der Waals surface area contributed by atoms with Crippen LogP contribution < -0.4 is 0 Å². The molecule has 0 aliphatic carbocycles. The monoisotopic (exact) mass is 463 g/mol. The Morgan fingerprint density at radius 2 is 1.19 bits per heavy atom. The second-order valence-electron chi connectivity index (χ2n) is 8.63. The van der Waals surface area contributed by atoms with Crippen LogP contribution >= 0.6 is 0 Å². The zero-order valence-electron chi connectivity index (χ0n) is 19.4. The van der Waals surface area contributed by atoms with Crippen molar-refractivity contribution in [1.29, 1.82) is 0 Å². The van der Waals surface area contributed by atoms with Crippen molar-refractivity contribution < 1.29 is 0 Å². The third kappa shape index (κ3) is 3.14. The van der Waals surface area contributed by atoms with Crippen LogP contribution in [0.3, 0.4) is 0 Å². The minimum absolute atomic E-state index is 0.749. The molecule has 5 heteroatoms. The summed E-state index contributed by atoms with van der Waals surface area (Å²) in [7, 11) is 0. The molecular formula is C31H21N5. The molecule has 0 unspecified atom stereocenters. The van der Waals surface area contributed by atoms with Gasteiger partial charge < -0.3 is 0 Å². The molecule has 0 radical (unpaired) electrons. The number of rotatable bonds is 4. The fourth-order valence-corrected chi connectivity index (χ4v) is 4.99. The summed E-state index contributed by atoms with van der Waals surface area (Å²) in [6.07, 6.45) is 3.45. The lowest BCUT2D eigenvalue weighted by Gasteiger charge is -2.13. The molecule has 3 aromatic heterocycles. The molecule has 36 heavy (non-hydrogen) atoms. The molecule has 0 bridgehead atoms. The highest BCUT2D eigenvalue weighted by molar-refractivity contribution is 6.06. The van der Waals surface area contributed by atoms with Crippen LogP contribution in [0, 0.1) is 0 Å². The van der Waals surface area contributed by atoms with E-state index in [1.54, 1.807) is 6.33 Å². The summed E-state index contributed by atoms with van der Waals surface area (Å²) in [5, 5.41) is 1.16. The van der Waals surface area contributed by atoms with Crippen molar-refractivity contribution in [2.75, 3.05) is 0 Å². The molecule has 5 nitrogen and oxygen atoms in total. The fraction of sp³-hybridized carbons (Fsp3) is 0. The molecule has 0 aliphatic heterocycles. The summed E-state index contributed by atoms with van der Waals surface area (Å²) in [5.41, 5.74) is 8.13. The van der Waals surface area contributed by atoms with Crippen LogP contribution in [0.15, 0.2) is 128 Å². The van der Waals surface area contributed by atoms with Gasteiger partial charge in [0.05, 0.1) is 11.2 Å². The fourth-order valence-electron chi connectivity index (χ4n) is 4.99. The molecule has 0 N–H and O–H groups in total. The first-order chi connectivity index (χ1) is 17.9. The highest BCUT2D eigenvalue weighted by Crippen LogP contribution is 2.43. The van der Waals surface area contributed by atoms with Crippen molar-refractivity contribution in [3.63, 3.8) is 0 Å². The lowest BCUT2D eigenvalue weighted by molar-refractivity contribution is 1.02. The molecule has 170 valence electrons. The van der Waals surface area contributed by atoms with Crippen molar-refractivity contribution in [3.05, 3.63) is 128 Å². The summed E-state index contributed by atoms with van der Waals surface area (Å²) in [6, 6.07) is 39.7. The summed E-state index contributed by atoms with van der Waals surface area (Å²) >= 11 is 0. The Bertz CT molecular complexity index is 1820. The largest absolute Gasteiger partial charge is 0.291 e. The number of aromatic nitrogens is 5. The van der Waals surface area contributed by atoms with E-state index in [0.29, 0.717) is 0 Å². The number of imidazole rings is 1. The maximum atomic E-state index is 4.81. The van der Waals surface area contributed by atoms with E-state index in [-0.39, 0.29) is 0 Å². The maximum Gasteiger partial charge on any atom is 0.170 e. The zero-order valence-corrected chi connectivity index (χ0v) is 19.4. The summed E-state index contributed by atoms with van der Waals surface area (Å²) in [6.45, 7) is 0. The van der Waals surface area contributed by atoms with Gasteiger partial charge in [0.25, 0.3) is 0 Å². The van der Waals surface area contributed by atoms with Gasteiger partial charge >= 0.3 is 0 Å². The molecule has 4 aromatic carbocycles. The second kappa shape index (κ2) is 8.32. The first-order valence-electron chi connectivity index (χ1n) is 11.9. The van der Waals surface area contributed by atoms with Crippen LogP contribution in [0.1, 0.15) is 0 Å². The van der Waals surface area contributed by atoms with Crippen molar-refractivity contribution in [3.8, 4) is 33.9 Å². The Labute approximate surface area is 208 Å². The predicted molar refractivity (Wildman–Crippen MR) is 144 cm³/mol. The Kier molecular flexibility index (Phi) is 4.71. The normalized spacial score (nSPS) is 11.3. The maximum absolute atomic E-state index is 4.81. The van der Waals surface area contributed by atoms with Crippen molar-refractivity contribution >= 4 is 22.1 Å². The van der Waals surface area contributed by atoms with E-state index in [0.717, 1.165) is 50.4 Å². The van der Waals surface area contributed by atoms with Gasteiger partial charge in [-0.05, 0) is 29.3 Å². The molecule has 0 spiro atoms. The van der Waals surface area contributed by atoms with Crippen molar-refractivity contribution in [2.45, 2.75) is 0 Å². The lowest BCUT2D eigenvalue weighted by Crippen LogP contribution is -2.03. The van der Waals surface area contributed by atoms with Gasteiger partial charge in [0.2, 0.25) is 0 Å². The average molecular weight is 464 g/mol. The molecule has 0 atom stereocenters. The average Bonchev–Trinajstić information content (AvgIpc) is 3.54. The lowest BCUT2D eigenvalue weighted by atomic mass is 9.98. The van der Waals surface area contributed by atoms with E-state index in [4.69, 9.17) is 9.97 Å². The highest BCUT2D eigenvalue weighted by atomic mass is 15.2.